The monoisotopic (exact) mass is 426 g/mol. The summed E-state index contributed by atoms with van der Waals surface area (Å²) in [5, 5.41) is 4.11. The topological polar surface area (TPSA) is 68.3 Å². The summed E-state index contributed by atoms with van der Waals surface area (Å²) in [6.07, 6.45) is 9.78. The predicted molar refractivity (Wildman–Crippen MR) is 117 cm³/mol. The number of esters is 1. The summed E-state index contributed by atoms with van der Waals surface area (Å²) in [7, 11) is 0. The lowest BCUT2D eigenvalue weighted by atomic mass is 9.49. The number of amides is 1. The van der Waals surface area contributed by atoms with E-state index in [0.717, 1.165) is 41.2 Å². The van der Waals surface area contributed by atoms with Crippen LogP contribution >= 0.6 is 11.3 Å². The molecule has 1 heterocycles. The minimum atomic E-state index is -0.305. The summed E-state index contributed by atoms with van der Waals surface area (Å²) < 4.78 is 6.38. The molecule has 0 spiro atoms. The van der Waals surface area contributed by atoms with Crippen LogP contribution in [0.3, 0.4) is 0 Å². The normalized spacial score (nSPS) is 29.3. The summed E-state index contributed by atoms with van der Waals surface area (Å²) >= 11 is 1.67. The fourth-order valence-electron chi connectivity index (χ4n) is 6.47. The molecule has 0 unspecified atom stereocenters. The maximum atomic E-state index is 12.2. The van der Waals surface area contributed by atoms with E-state index in [1.165, 1.54) is 43.2 Å². The number of nitrogens with one attached hydrogen (secondary N) is 1. The zero-order chi connectivity index (χ0) is 20.6. The Hall–Kier alpha value is -1.95. The van der Waals surface area contributed by atoms with Crippen molar-refractivity contribution in [2.75, 3.05) is 13.2 Å². The van der Waals surface area contributed by atoms with Crippen molar-refractivity contribution in [2.24, 2.45) is 23.2 Å². The van der Waals surface area contributed by atoms with Crippen LogP contribution in [0.15, 0.2) is 24.3 Å². The Bertz CT molecular complexity index is 869. The standard InChI is InChI=1S/C24H30N2O3S/c27-21(25-15-24-11-16-8-17(12-24)10-18(9-16)13-24)14-29-23(28)7-3-6-22-26-19-4-1-2-5-20(19)30-22/h1-2,4-5,16-18H,3,6-15H2,(H,25,27). The van der Waals surface area contributed by atoms with Crippen LogP contribution in [-0.4, -0.2) is 30.0 Å². The number of nitrogens with zero attached hydrogens (tertiary/aromatic N) is 1. The van der Waals surface area contributed by atoms with E-state index in [9.17, 15) is 9.59 Å². The summed E-state index contributed by atoms with van der Waals surface area (Å²) in [6.45, 7) is 0.594. The van der Waals surface area contributed by atoms with Gasteiger partial charge in [0, 0.05) is 13.0 Å². The van der Waals surface area contributed by atoms with Gasteiger partial charge in [0.25, 0.3) is 5.91 Å². The van der Waals surface area contributed by atoms with E-state index in [2.05, 4.69) is 16.4 Å². The molecule has 6 heteroatoms. The van der Waals surface area contributed by atoms with Crippen molar-refractivity contribution in [2.45, 2.75) is 57.8 Å². The van der Waals surface area contributed by atoms with E-state index in [1.54, 1.807) is 11.3 Å². The number of hydrogen-bond donors (Lipinski definition) is 1. The van der Waals surface area contributed by atoms with Gasteiger partial charge in [0.2, 0.25) is 0 Å². The van der Waals surface area contributed by atoms with Gasteiger partial charge in [-0.15, -0.1) is 11.3 Å². The number of carbonyl (C=O) groups excluding carboxylic acids is 2. The quantitative estimate of drug-likeness (QED) is 0.631. The van der Waals surface area contributed by atoms with Crippen molar-refractivity contribution in [1.82, 2.24) is 10.3 Å². The van der Waals surface area contributed by atoms with E-state index in [-0.39, 0.29) is 18.5 Å². The van der Waals surface area contributed by atoms with E-state index in [4.69, 9.17) is 4.74 Å². The molecule has 6 rings (SSSR count). The van der Waals surface area contributed by atoms with Crippen LogP contribution < -0.4 is 5.32 Å². The van der Waals surface area contributed by atoms with Crippen LogP contribution in [0.25, 0.3) is 10.2 Å². The van der Waals surface area contributed by atoms with Gasteiger partial charge in [0.05, 0.1) is 15.2 Å². The molecular formula is C24H30N2O3S. The molecule has 1 aromatic carbocycles. The fourth-order valence-corrected chi connectivity index (χ4v) is 7.48. The maximum Gasteiger partial charge on any atom is 0.306 e. The van der Waals surface area contributed by atoms with E-state index >= 15 is 0 Å². The van der Waals surface area contributed by atoms with Crippen LogP contribution in [0, 0.1) is 23.2 Å². The first kappa shape index (κ1) is 20.0. The average Bonchev–Trinajstić information content (AvgIpc) is 3.12. The SMILES string of the molecule is O=C(COC(=O)CCCc1nc2ccccc2s1)NCC12CC3CC(CC(C3)C1)C2. The molecule has 160 valence electrons. The third-order valence-electron chi connectivity index (χ3n) is 7.30. The zero-order valence-corrected chi connectivity index (χ0v) is 18.2. The maximum absolute atomic E-state index is 12.2. The van der Waals surface area contributed by atoms with Gasteiger partial charge >= 0.3 is 5.97 Å². The lowest BCUT2D eigenvalue weighted by molar-refractivity contribution is -0.149. The minimum absolute atomic E-state index is 0.160. The van der Waals surface area contributed by atoms with Crippen molar-refractivity contribution < 1.29 is 14.3 Å². The third kappa shape index (κ3) is 4.39. The van der Waals surface area contributed by atoms with Gasteiger partial charge in [-0.05, 0) is 86.7 Å². The Morgan fingerprint density at radius 3 is 2.50 bits per heavy atom. The van der Waals surface area contributed by atoms with E-state index in [1.807, 2.05) is 18.2 Å². The highest BCUT2D eigenvalue weighted by molar-refractivity contribution is 7.18. The lowest BCUT2D eigenvalue weighted by Gasteiger charge is -2.56. The second-order valence-electron chi connectivity index (χ2n) is 9.78. The van der Waals surface area contributed by atoms with Crippen molar-refractivity contribution in [3.8, 4) is 0 Å². The number of aromatic nitrogens is 1. The number of benzene rings is 1. The van der Waals surface area contributed by atoms with Gasteiger partial charge < -0.3 is 10.1 Å². The number of rotatable bonds is 8. The first-order valence-corrected chi connectivity index (χ1v) is 12.2. The number of thiazole rings is 1. The molecule has 0 radical (unpaired) electrons. The Morgan fingerprint density at radius 1 is 1.10 bits per heavy atom. The number of para-hydroxylation sites is 1. The van der Waals surface area contributed by atoms with Gasteiger partial charge in [-0.2, -0.15) is 0 Å². The molecule has 4 fully saturated rings. The van der Waals surface area contributed by atoms with Gasteiger partial charge in [-0.1, -0.05) is 12.1 Å². The summed E-state index contributed by atoms with van der Waals surface area (Å²) in [5.41, 5.74) is 1.32. The van der Waals surface area contributed by atoms with Crippen molar-refractivity contribution in [3.63, 3.8) is 0 Å². The molecule has 4 bridgehead atoms. The Kier molecular flexibility index (Phi) is 5.52. The summed E-state index contributed by atoms with van der Waals surface area (Å²) in [6, 6.07) is 8.06. The van der Waals surface area contributed by atoms with Crippen LogP contribution in [0.1, 0.15) is 56.4 Å². The number of aryl methyl sites for hydroxylation is 1. The lowest BCUT2D eigenvalue weighted by Crippen LogP contribution is -2.51. The highest BCUT2D eigenvalue weighted by atomic mass is 32.1. The van der Waals surface area contributed by atoms with Crippen molar-refractivity contribution in [1.29, 1.82) is 0 Å². The van der Waals surface area contributed by atoms with Crippen LogP contribution in [0.5, 0.6) is 0 Å². The Balaban J connectivity index is 1.01. The van der Waals surface area contributed by atoms with Crippen molar-refractivity contribution >= 4 is 33.4 Å². The third-order valence-corrected chi connectivity index (χ3v) is 8.40. The molecule has 1 amide bonds. The molecule has 30 heavy (non-hydrogen) atoms. The highest BCUT2D eigenvalue weighted by Gasteiger charge is 2.50. The highest BCUT2D eigenvalue weighted by Crippen LogP contribution is 2.59. The molecule has 0 saturated heterocycles. The second-order valence-corrected chi connectivity index (χ2v) is 10.9. The van der Waals surface area contributed by atoms with Gasteiger partial charge in [0.15, 0.2) is 6.61 Å². The summed E-state index contributed by atoms with van der Waals surface area (Å²) in [4.78, 5) is 28.8. The molecule has 4 saturated carbocycles. The fraction of sp³-hybridized carbons (Fsp3) is 0.625. The van der Waals surface area contributed by atoms with E-state index < -0.39 is 0 Å². The first-order chi connectivity index (χ1) is 14.6. The summed E-state index contributed by atoms with van der Waals surface area (Å²) in [5.74, 6) is 2.16. The predicted octanol–water partition coefficient (Wildman–Crippen LogP) is 4.49. The largest absolute Gasteiger partial charge is 0.456 e. The molecule has 4 aliphatic rings. The van der Waals surface area contributed by atoms with Crippen LogP contribution in [-0.2, 0) is 20.7 Å². The molecular weight excluding hydrogens is 396 g/mol. The molecule has 4 aliphatic carbocycles. The van der Waals surface area contributed by atoms with Gasteiger partial charge in [-0.25, -0.2) is 4.98 Å². The molecule has 1 N–H and O–H groups in total. The van der Waals surface area contributed by atoms with Gasteiger partial charge in [0.1, 0.15) is 0 Å². The number of hydrogen-bond acceptors (Lipinski definition) is 5. The molecule has 2 aromatic rings. The molecule has 0 aliphatic heterocycles. The molecule has 1 aromatic heterocycles. The van der Waals surface area contributed by atoms with Crippen molar-refractivity contribution in [3.05, 3.63) is 29.3 Å². The van der Waals surface area contributed by atoms with Crippen LogP contribution in [0.2, 0.25) is 0 Å². The Morgan fingerprint density at radius 2 is 1.80 bits per heavy atom. The second kappa shape index (κ2) is 8.29. The molecule has 0 atom stereocenters. The van der Waals surface area contributed by atoms with E-state index in [0.29, 0.717) is 18.3 Å². The molecule has 5 nitrogen and oxygen atoms in total. The first-order valence-electron chi connectivity index (χ1n) is 11.3. The number of fused-ring (bicyclic) bond motifs is 1. The zero-order valence-electron chi connectivity index (χ0n) is 17.4. The number of ether oxygens (including phenoxy) is 1. The number of carbonyl (C=O) groups is 2. The smallest absolute Gasteiger partial charge is 0.306 e. The van der Waals surface area contributed by atoms with Gasteiger partial charge in [-0.3, -0.25) is 9.59 Å². The van der Waals surface area contributed by atoms with Crippen LogP contribution in [0.4, 0.5) is 0 Å². The Labute approximate surface area is 181 Å². The average molecular weight is 427 g/mol. The minimum Gasteiger partial charge on any atom is -0.456 e.